The van der Waals surface area contributed by atoms with E-state index in [1.165, 1.54) is 6.08 Å². The summed E-state index contributed by atoms with van der Waals surface area (Å²) in [4.78, 5) is 23.3. The van der Waals surface area contributed by atoms with Crippen LogP contribution in [0.15, 0.2) is 60.7 Å². The number of hydrogen-bond donors (Lipinski definition) is 1. The third kappa shape index (κ3) is 4.59. The number of benzene rings is 2. The maximum absolute atomic E-state index is 11.8. The Morgan fingerprint density at radius 1 is 1.05 bits per heavy atom. The summed E-state index contributed by atoms with van der Waals surface area (Å²) in [7, 11) is 0. The van der Waals surface area contributed by atoms with E-state index in [0.717, 1.165) is 5.56 Å². The zero-order chi connectivity index (χ0) is 15.8. The highest BCUT2D eigenvalue weighted by atomic mass is 16.5. The van der Waals surface area contributed by atoms with Crippen LogP contribution in [0.2, 0.25) is 0 Å². The highest BCUT2D eigenvalue weighted by Crippen LogP contribution is 2.11. The van der Waals surface area contributed by atoms with Crippen molar-refractivity contribution in [2.45, 2.75) is 6.92 Å². The monoisotopic (exact) mass is 295 g/mol. The molecule has 4 nitrogen and oxygen atoms in total. The number of hydrogen-bond acceptors (Lipinski definition) is 3. The maximum atomic E-state index is 11.8. The van der Waals surface area contributed by atoms with Crippen molar-refractivity contribution in [2.24, 2.45) is 0 Å². The Labute approximate surface area is 129 Å². The Balaban J connectivity index is 1.94. The van der Waals surface area contributed by atoms with Crippen LogP contribution in [-0.2, 0) is 9.53 Å². The molecule has 0 saturated carbocycles. The van der Waals surface area contributed by atoms with Gasteiger partial charge in [0.25, 0.3) is 0 Å². The first-order valence-electron chi connectivity index (χ1n) is 7.00. The summed E-state index contributed by atoms with van der Waals surface area (Å²) in [6.45, 7) is 2.09. The van der Waals surface area contributed by atoms with Crippen LogP contribution >= 0.6 is 0 Å². The summed E-state index contributed by atoms with van der Waals surface area (Å²) in [6, 6.07) is 16.1. The summed E-state index contributed by atoms with van der Waals surface area (Å²) in [5.41, 5.74) is 2.03. The summed E-state index contributed by atoms with van der Waals surface area (Å²) in [5, 5.41) is 2.73. The summed E-state index contributed by atoms with van der Waals surface area (Å²) in [6.07, 6.45) is 3.21. The van der Waals surface area contributed by atoms with Gasteiger partial charge in [0.05, 0.1) is 12.2 Å². The van der Waals surface area contributed by atoms with E-state index >= 15 is 0 Å². The Morgan fingerprint density at radius 3 is 2.36 bits per heavy atom. The fourth-order valence-electron chi connectivity index (χ4n) is 1.82. The summed E-state index contributed by atoms with van der Waals surface area (Å²) in [5.74, 6) is -0.600. The molecule has 0 radical (unpaired) electrons. The van der Waals surface area contributed by atoms with Crippen molar-refractivity contribution < 1.29 is 14.3 Å². The lowest BCUT2D eigenvalue weighted by Gasteiger charge is -2.04. The predicted octanol–water partition coefficient (Wildman–Crippen LogP) is 3.52. The van der Waals surface area contributed by atoms with Crippen LogP contribution in [0.25, 0.3) is 6.08 Å². The van der Waals surface area contributed by atoms with Crippen LogP contribution < -0.4 is 5.32 Å². The van der Waals surface area contributed by atoms with E-state index in [0.29, 0.717) is 17.9 Å². The summed E-state index contributed by atoms with van der Waals surface area (Å²) >= 11 is 0. The average molecular weight is 295 g/mol. The largest absolute Gasteiger partial charge is 0.462 e. The molecule has 22 heavy (non-hydrogen) atoms. The third-order valence-corrected chi connectivity index (χ3v) is 2.89. The Bertz CT molecular complexity index is 660. The van der Waals surface area contributed by atoms with Gasteiger partial charge in [0.1, 0.15) is 0 Å². The van der Waals surface area contributed by atoms with Gasteiger partial charge >= 0.3 is 5.97 Å². The van der Waals surface area contributed by atoms with Gasteiger partial charge < -0.3 is 10.1 Å². The molecule has 2 aromatic rings. The number of carbonyl (C=O) groups excluding carboxylic acids is 2. The minimum atomic E-state index is -0.371. The lowest BCUT2D eigenvalue weighted by atomic mass is 10.2. The van der Waals surface area contributed by atoms with E-state index in [2.05, 4.69) is 5.32 Å². The Kier molecular flexibility index (Phi) is 5.49. The number of carbonyl (C=O) groups is 2. The van der Waals surface area contributed by atoms with Gasteiger partial charge in [-0.2, -0.15) is 0 Å². The zero-order valence-electron chi connectivity index (χ0n) is 12.3. The van der Waals surface area contributed by atoms with E-state index in [-0.39, 0.29) is 11.9 Å². The fraction of sp³-hybridized carbons (Fsp3) is 0.111. The highest BCUT2D eigenvalue weighted by molar-refractivity contribution is 6.02. The number of ether oxygens (including phenoxy) is 1. The molecule has 4 heteroatoms. The van der Waals surface area contributed by atoms with Gasteiger partial charge in [0.15, 0.2) is 0 Å². The van der Waals surface area contributed by atoms with Gasteiger partial charge in [-0.1, -0.05) is 30.3 Å². The van der Waals surface area contributed by atoms with Gasteiger partial charge in [0.2, 0.25) is 5.91 Å². The topological polar surface area (TPSA) is 55.4 Å². The molecule has 112 valence electrons. The molecule has 2 rings (SSSR count). The van der Waals surface area contributed by atoms with Gasteiger partial charge in [-0.25, -0.2) is 4.79 Å². The second-order valence-electron chi connectivity index (χ2n) is 4.53. The van der Waals surface area contributed by atoms with Crippen molar-refractivity contribution in [1.29, 1.82) is 0 Å². The molecule has 0 aromatic heterocycles. The van der Waals surface area contributed by atoms with Crippen LogP contribution in [0.3, 0.4) is 0 Å². The van der Waals surface area contributed by atoms with Crippen LogP contribution in [0, 0.1) is 0 Å². The first kappa shape index (κ1) is 15.5. The van der Waals surface area contributed by atoms with Crippen molar-refractivity contribution >= 4 is 23.6 Å². The second-order valence-corrected chi connectivity index (χ2v) is 4.53. The van der Waals surface area contributed by atoms with Crippen LogP contribution in [0.1, 0.15) is 22.8 Å². The van der Waals surface area contributed by atoms with Crippen molar-refractivity contribution in [1.82, 2.24) is 0 Å². The molecule has 0 saturated heterocycles. The number of nitrogens with one attached hydrogen (secondary N) is 1. The molecule has 0 atom stereocenters. The summed E-state index contributed by atoms with van der Waals surface area (Å²) < 4.78 is 4.90. The van der Waals surface area contributed by atoms with Crippen molar-refractivity contribution in [2.75, 3.05) is 11.9 Å². The smallest absolute Gasteiger partial charge is 0.338 e. The van der Waals surface area contributed by atoms with Crippen molar-refractivity contribution in [3.05, 3.63) is 71.8 Å². The molecule has 1 N–H and O–H groups in total. The van der Waals surface area contributed by atoms with Gasteiger partial charge in [-0.3, -0.25) is 4.79 Å². The minimum absolute atomic E-state index is 0.229. The van der Waals surface area contributed by atoms with Crippen molar-refractivity contribution in [3.63, 3.8) is 0 Å². The second kappa shape index (κ2) is 7.78. The van der Waals surface area contributed by atoms with Crippen LogP contribution in [0.4, 0.5) is 5.69 Å². The molecule has 1 amide bonds. The van der Waals surface area contributed by atoms with E-state index in [1.807, 2.05) is 30.3 Å². The molecule has 0 aliphatic heterocycles. The lowest BCUT2D eigenvalue weighted by molar-refractivity contribution is -0.111. The SMILES string of the molecule is CCOC(=O)c1ccc(NC(=O)/C=C/c2ccccc2)cc1. The van der Waals surface area contributed by atoms with Crippen molar-refractivity contribution in [3.8, 4) is 0 Å². The minimum Gasteiger partial charge on any atom is -0.462 e. The number of amides is 1. The molecule has 0 fully saturated rings. The quantitative estimate of drug-likeness (QED) is 0.678. The van der Waals surface area contributed by atoms with E-state index in [1.54, 1.807) is 37.3 Å². The number of rotatable bonds is 5. The van der Waals surface area contributed by atoms with E-state index < -0.39 is 0 Å². The normalized spacial score (nSPS) is 10.4. The fourth-order valence-corrected chi connectivity index (χ4v) is 1.82. The molecule has 2 aromatic carbocycles. The lowest BCUT2D eigenvalue weighted by Crippen LogP contribution is -2.08. The standard InChI is InChI=1S/C18H17NO3/c1-2-22-18(21)15-9-11-16(12-10-15)19-17(20)13-8-14-6-4-3-5-7-14/h3-13H,2H2,1H3,(H,19,20)/b13-8+. The molecule has 0 unspecified atom stereocenters. The van der Waals surface area contributed by atoms with Crippen LogP contribution in [-0.4, -0.2) is 18.5 Å². The van der Waals surface area contributed by atoms with Gasteiger partial charge in [-0.15, -0.1) is 0 Å². The molecule has 0 aliphatic carbocycles. The number of anilines is 1. The highest BCUT2D eigenvalue weighted by Gasteiger charge is 2.06. The van der Waals surface area contributed by atoms with Gasteiger partial charge in [0, 0.05) is 11.8 Å². The van der Waals surface area contributed by atoms with E-state index in [9.17, 15) is 9.59 Å². The molecular formula is C18H17NO3. The van der Waals surface area contributed by atoms with Gasteiger partial charge in [-0.05, 0) is 42.8 Å². The van der Waals surface area contributed by atoms with E-state index in [4.69, 9.17) is 4.74 Å². The molecular weight excluding hydrogens is 278 g/mol. The van der Waals surface area contributed by atoms with Crippen LogP contribution in [0.5, 0.6) is 0 Å². The average Bonchev–Trinajstić information content (AvgIpc) is 2.55. The first-order chi connectivity index (χ1) is 10.7. The molecule has 0 spiro atoms. The zero-order valence-corrected chi connectivity index (χ0v) is 12.3. The first-order valence-corrected chi connectivity index (χ1v) is 7.00. The predicted molar refractivity (Wildman–Crippen MR) is 86.5 cm³/mol. The Hall–Kier alpha value is -2.88. The third-order valence-electron chi connectivity index (χ3n) is 2.89. The number of esters is 1. The molecule has 0 aliphatic rings. The maximum Gasteiger partial charge on any atom is 0.338 e. The Morgan fingerprint density at radius 2 is 1.73 bits per heavy atom. The molecule has 0 bridgehead atoms. The molecule has 0 heterocycles.